The summed E-state index contributed by atoms with van der Waals surface area (Å²) in [5.41, 5.74) is 3.21. The Morgan fingerprint density at radius 1 is 1.25 bits per heavy atom. The van der Waals surface area contributed by atoms with Crippen LogP contribution in [0, 0.1) is 19.8 Å². The number of benzene rings is 1. The van der Waals surface area contributed by atoms with Crippen molar-refractivity contribution in [3.8, 4) is 0 Å². The minimum atomic E-state index is -0.0701. The van der Waals surface area contributed by atoms with Crippen LogP contribution in [0.4, 0.5) is 5.69 Å². The van der Waals surface area contributed by atoms with Gasteiger partial charge >= 0.3 is 0 Å². The standard InChI is InChI=1S/C19H31N3O.ClH/c1-14-6-5-7-15(2)18(14)21-19(23)16(3)22-12-9-17(10-13-22)8-11-20-4;/h5-7,16-17,20H,8-13H2,1-4H3,(H,21,23);1H. The molecule has 1 aromatic carbocycles. The molecule has 1 amide bonds. The average Bonchev–Trinajstić information content (AvgIpc) is 2.56. The lowest BCUT2D eigenvalue weighted by atomic mass is 9.92. The van der Waals surface area contributed by atoms with Gasteiger partial charge in [-0.2, -0.15) is 0 Å². The highest BCUT2D eigenvalue weighted by atomic mass is 35.5. The molecule has 0 radical (unpaired) electrons. The van der Waals surface area contributed by atoms with Crippen LogP contribution in [0.2, 0.25) is 0 Å². The van der Waals surface area contributed by atoms with Crippen LogP contribution >= 0.6 is 12.4 Å². The second-order valence-corrected chi connectivity index (χ2v) is 6.80. The van der Waals surface area contributed by atoms with E-state index in [2.05, 4.69) is 15.5 Å². The monoisotopic (exact) mass is 353 g/mol. The molecule has 24 heavy (non-hydrogen) atoms. The molecule has 1 aliphatic heterocycles. The number of likely N-dealkylation sites (tertiary alicyclic amines) is 1. The number of rotatable bonds is 6. The van der Waals surface area contributed by atoms with Gasteiger partial charge in [-0.15, -0.1) is 12.4 Å². The molecule has 2 N–H and O–H groups in total. The number of nitrogens with zero attached hydrogens (tertiary/aromatic N) is 1. The molecule has 0 aromatic heterocycles. The van der Waals surface area contributed by atoms with Crippen molar-refractivity contribution in [3.05, 3.63) is 29.3 Å². The van der Waals surface area contributed by atoms with Gasteiger partial charge in [-0.1, -0.05) is 18.2 Å². The maximum absolute atomic E-state index is 12.6. The van der Waals surface area contributed by atoms with E-state index in [0.717, 1.165) is 42.4 Å². The SMILES string of the molecule is CNCCC1CCN(C(C)C(=O)Nc2c(C)cccc2C)CC1.Cl. The molecule has 0 spiro atoms. The summed E-state index contributed by atoms with van der Waals surface area (Å²) in [6, 6.07) is 6.04. The highest BCUT2D eigenvalue weighted by Crippen LogP contribution is 2.23. The van der Waals surface area contributed by atoms with E-state index in [1.54, 1.807) is 0 Å². The van der Waals surface area contributed by atoms with E-state index in [4.69, 9.17) is 0 Å². The van der Waals surface area contributed by atoms with E-state index >= 15 is 0 Å². The first-order chi connectivity index (χ1) is 11.0. The summed E-state index contributed by atoms with van der Waals surface area (Å²) in [4.78, 5) is 14.9. The van der Waals surface area contributed by atoms with E-state index in [1.165, 1.54) is 19.3 Å². The van der Waals surface area contributed by atoms with E-state index in [9.17, 15) is 4.79 Å². The highest BCUT2D eigenvalue weighted by molar-refractivity contribution is 5.95. The third-order valence-corrected chi connectivity index (χ3v) is 5.11. The molecule has 1 fully saturated rings. The number of para-hydroxylation sites is 1. The number of halogens is 1. The number of nitrogens with one attached hydrogen (secondary N) is 2. The van der Waals surface area contributed by atoms with Crippen molar-refractivity contribution in [3.63, 3.8) is 0 Å². The average molecular weight is 354 g/mol. The topological polar surface area (TPSA) is 44.4 Å². The van der Waals surface area contributed by atoms with Gasteiger partial charge in [0.1, 0.15) is 0 Å². The smallest absolute Gasteiger partial charge is 0.241 e. The summed E-state index contributed by atoms with van der Waals surface area (Å²) in [6.07, 6.45) is 3.64. The Morgan fingerprint density at radius 2 is 1.83 bits per heavy atom. The van der Waals surface area contributed by atoms with Crippen LogP contribution in [0.3, 0.4) is 0 Å². The van der Waals surface area contributed by atoms with Crippen LogP contribution in [-0.2, 0) is 4.79 Å². The lowest BCUT2D eigenvalue weighted by Gasteiger charge is -2.35. The van der Waals surface area contributed by atoms with Gasteiger partial charge in [0.15, 0.2) is 0 Å². The predicted octanol–water partition coefficient (Wildman–Crippen LogP) is 3.37. The van der Waals surface area contributed by atoms with Gasteiger partial charge in [0, 0.05) is 5.69 Å². The number of amides is 1. The first-order valence-electron chi connectivity index (χ1n) is 8.78. The van der Waals surface area contributed by atoms with Crippen molar-refractivity contribution in [2.75, 3.05) is 32.0 Å². The number of aryl methyl sites for hydroxylation is 2. The maximum Gasteiger partial charge on any atom is 0.241 e. The van der Waals surface area contributed by atoms with Crippen molar-refractivity contribution in [2.45, 2.75) is 46.1 Å². The number of anilines is 1. The van der Waals surface area contributed by atoms with Gasteiger partial charge in [0.2, 0.25) is 5.91 Å². The molecule has 1 unspecified atom stereocenters. The first-order valence-corrected chi connectivity index (χ1v) is 8.78. The van der Waals surface area contributed by atoms with Crippen LogP contribution < -0.4 is 10.6 Å². The molecule has 1 atom stereocenters. The Kier molecular flexibility index (Phi) is 8.74. The van der Waals surface area contributed by atoms with Gasteiger partial charge < -0.3 is 10.6 Å². The lowest BCUT2D eigenvalue weighted by molar-refractivity contribution is -0.121. The molecule has 0 aliphatic carbocycles. The Morgan fingerprint density at radius 3 is 2.38 bits per heavy atom. The van der Waals surface area contributed by atoms with Crippen molar-refractivity contribution in [1.82, 2.24) is 10.2 Å². The number of carbonyl (C=O) groups excluding carboxylic acids is 1. The molecule has 0 bridgehead atoms. The number of hydrogen-bond donors (Lipinski definition) is 2. The molecular weight excluding hydrogens is 322 g/mol. The van der Waals surface area contributed by atoms with Gasteiger partial charge in [-0.25, -0.2) is 0 Å². The Balaban J connectivity index is 0.00000288. The molecule has 5 heteroatoms. The lowest BCUT2D eigenvalue weighted by Crippen LogP contribution is -2.46. The summed E-state index contributed by atoms with van der Waals surface area (Å²) in [7, 11) is 2.01. The molecule has 1 heterocycles. The molecule has 1 aliphatic rings. The minimum Gasteiger partial charge on any atom is -0.324 e. The van der Waals surface area contributed by atoms with Crippen LogP contribution in [-0.4, -0.2) is 43.5 Å². The third-order valence-electron chi connectivity index (χ3n) is 5.11. The zero-order valence-corrected chi connectivity index (χ0v) is 16.2. The number of piperidine rings is 1. The fraction of sp³-hybridized carbons (Fsp3) is 0.632. The summed E-state index contributed by atoms with van der Waals surface area (Å²) in [5.74, 6) is 0.906. The van der Waals surface area contributed by atoms with E-state index < -0.39 is 0 Å². The molecule has 4 nitrogen and oxygen atoms in total. The molecule has 0 saturated carbocycles. The predicted molar refractivity (Wildman–Crippen MR) is 104 cm³/mol. The van der Waals surface area contributed by atoms with Crippen molar-refractivity contribution in [1.29, 1.82) is 0 Å². The molecule has 2 rings (SSSR count). The minimum absolute atomic E-state index is 0. The van der Waals surface area contributed by atoms with E-state index in [0.29, 0.717) is 0 Å². The zero-order chi connectivity index (χ0) is 16.8. The van der Waals surface area contributed by atoms with Crippen molar-refractivity contribution < 1.29 is 4.79 Å². The van der Waals surface area contributed by atoms with Gasteiger partial charge in [0.25, 0.3) is 0 Å². The second kappa shape index (κ2) is 10.0. The van der Waals surface area contributed by atoms with Gasteiger partial charge in [-0.05, 0) is 83.8 Å². The zero-order valence-electron chi connectivity index (χ0n) is 15.4. The highest BCUT2D eigenvalue weighted by Gasteiger charge is 2.26. The van der Waals surface area contributed by atoms with Crippen LogP contribution in [0.15, 0.2) is 18.2 Å². The summed E-state index contributed by atoms with van der Waals surface area (Å²) >= 11 is 0. The number of carbonyl (C=O) groups is 1. The Hall–Kier alpha value is -1.10. The molecule has 136 valence electrons. The number of hydrogen-bond acceptors (Lipinski definition) is 3. The van der Waals surface area contributed by atoms with Crippen LogP contribution in [0.1, 0.15) is 37.3 Å². The third kappa shape index (κ3) is 5.47. The van der Waals surface area contributed by atoms with Gasteiger partial charge in [-0.3, -0.25) is 9.69 Å². The fourth-order valence-corrected chi connectivity index (χ4v) is 3.38. The normalized spacial score (nSPS) is 17.2. The second-order valence-electron chi connectivity index (χ2n) is 6.80. The van der Waals surface area contributed by atoms with E-state index in [-0.39, 0.29) is 24.4 Å². The molecular formula is C19H32ClN3O. The van der Waals surface area contributed by atoms with Crippen LogP contribution in [0.5, 0.6) is 0 Å². The Bertz CT molecular complexity index is 507. The van der Waals surface area contributed by atoms with E-state index in [1.807, 2.05) is 46.0 Å². The summed E-state index contributed by atoms with van der Waals surface area (Å²) in [5, 5.41) is 6.36. The molecule has 1 saturated heterocycles. The first kappa shape index (κ1) is 20.9. The quantitative estimate of drug-likeness (QED) is 0.824. The fourth-order valence-electron chi connectivity index (χ4n) is 3.38. The van der Waals surface area contributed by atoms with Crippen LogP contribution in [0.25, 0.3) is 0 Å². The summed E-state index contributed by atoms with van der Waals surface area (Å²) in [6.45, 7) is 9.25. The van der Waals surface area contributed by atoms with Crippen molar-refractivity contribution >= 4 is 24.0 Å². The largest absolute Gasteiger partial charge is 0.324 e. The summed E-state index contributed by atoms with van der Waals surface area (Å²) < 4.78 is 0. The maximum atomic E-state index is 12.6. The van der Waals surface area contributed by atoms with Crippen molar-refractivity contribution in [2.24, 2.45) is 5.92 Å². The Labute approximate surface area is 152 Å². The molecule has 1 aromatic rings. The van der Waals surface area contributed by atoms with Gasteiger partial charge in [0.05, 0.1) is 6.04 Å².